The number of rotatable bonds is 4. The summed E-state index contributed by atoms with van der Waals surface area (Å²) in [6.07, 6.45) is 3.75. The van der Waals surface area contributed by atoms with Gasteiger partial charge in [0.1, 0.15) is 16.6 Å². The second-order valence-electron chi connectivity index (χ2n) is 7.60. The Bertz CT molecular complexity index is 1040. The zero-order chi connectivity index (χ0) is 19.1. The summed E-state index contributed by atoms with van der Waals surface area (Å²) in [5.41, 5.74) is 2.60. The number of aromatic nitrogens is 4. The third-order valence-electron chi connectivity index (χ3n) is 5.09. The highest BCUT2D eigenvalue weighted by atomic mass is 35.5. The van der Waals surface area contributed by atoms with Crippen LogP contribution in [0.15, 0.2) is 35.3 Å². The van der Waals surface area contributed by atoms with Gasteiger partial charge in [0.05, 0.1) is 11.7 Å². The fourth-order valence-electron chi connectivity index (χ4n) is 3.94. The molecule has 0 saturated carbocycles. The molecule has 0 aromatic carbocycles. The van der Waals surface area contributed by atoms with E-state index in [9.17, 15) is 4.79 Å². The summed E-state index contributed by atoms with van der Waals surface area (Å²) in [5.74, 6) is 1.18. The zero-order valence-corrected chi connectivity index (χ0v) is 16.6. The van der Waals surface area contributed by atoms with Gasteiger partial charge in [0.15, 0.2) is 0 Å². The van der Waals surface area contributed by atoms with Crippen molar-refractivity contribution in [3.8, 4) is 0 Å². The molecule has 6 nitrogen and oxygen atoms in total. The maximum Gasteiger partial charge on any atom is 0.259 e. The Labute approximate surface area is 163 Å². The van der Waals surface area contributed by atoms with E-state index >= 15 is 0 Å². The van der Waals surface area contributed by atoms with Crippen molar-refractivity contribution in [2.24, 2.45) is 5.92 Å². The molecule has 3 aromatic heterocycles. The van der Waals surface area contributed by atoms with E-state index in [-0.39, 0.29) is 11.6 Å². The van der Waals surface area contributed by atoms with Gasteiger partial charge in [0, 0.05) is 30.9 Å². The van der Waals surface area contributed by atoms with Crippen molar-refractivity contribution in [3.05, 3.63) is 57.2 Å². The molecule has 3 aromatic rings. The van der Waals surface area contributed by atoms with Gasteiger partial charge in [-0.15, -0.1) is 0 Å². The Morgan fingerprint density at radius 3 is 2.93 bits per heavy atom. The van der Waals surface area contributed by atoms with Crippen LogP contribution in [0.1, 0.15) is 44.0 Å². The molecule has 1 saturated heterocycles. The number of nitrogens with zero attached hydrogens (tertiary/aromatic N) is 5. The summed E-state index contributed by atoms with van der Waals surface area (Å²) in [6.45, 7) is 7.97. The number of fused-ring (bicyclic) bond motifs is 1. The van der Waals surface area contributed by atoms with Gasteiger partial charge in [0.2, 0.25) is 0 Å². The minimum absolute atomic E-state index is 0.0698. The molecule has 0 radical (unpaired) electrons. The second-order valence-corrected chi connectivity index (χ2v) is 7.96. The topological polar surface area (TPSA) is 55.4 Å². The number of hydrogen-bond donors (Lipinski definition) is 0. The minimum Gasteiger partial charge on any atom is -0.349 e. The fourth-order valence-corrected chi connectivity index (χ4v) is 4.31. The molecule has 27 heavy (non-hydrogen) atoms. The lowest BCUT2D eigenvalue weighted by atomic mass is 10.1. The van der Waals surface area contributed by atoms with Crippen molar-refractivity contribution in [3.63, 3.8) is 0 Å². The third kappa shape index (κ3) is 3.23. The van der Waals surface area contributed by atoms with Crippen LogP contribution in [0.5, 0.6) is 0 Å². The largest absolute Gasteiger partial charge is 0.349 e. The minimum atomic E-state index is -0.0698. The average Bonchev–Trinajstić information content (AvgIpc) is 3.19. The Morgan fingerprint density at radius 2 is 2.15 bits per heavy atom. The molecule has 0 amide bonds. The summed E-state index contributed by atoms with van der Waals surface area (Å²) in [4.78, 5) is 19.4. The van der Waals surface area contributed by atoms with E-state index in [1.807, 2.05) is 29.8 Å². The van der Waals surface area contributed by atoms with Crippen LogP contribution < -0.4 is 10.5 Å². The average molecular weight is 386 g/mol. The van der Waals surface area contributed by atoms with E-state index < -0.39 is 0 Å². The molecule has 1 atom stereocenters. The first kappa shape index (κ1) is 18.0. The van der Waals surface area contributed by atoms with Crippen LogP contribution in [0.3, 0.4) is 0 Å². The number of pyridine rings is 1. The van der Waals surface area contributed by atoms with Gasteiger partial charge in [0.25, 0.3) is 5.56 Å². The van der Waals surface area contributed by atoms with Crippen molar-refractivity contribution < 1.29 is 0 Å². The number of anilines is 1. The van der Waals surface area contributed by atoms with E-state index in [2.05, 4.69) is 23.8 Å². The van der Waals surface area contributed by atoms with E-state index in [0.29, 0.717) is 22.5 Å². The van der Waals surface area contributed by atoms with Crippen LogP contribution in [0.25, 0.3) is 5.65 Å². The molecule has 1 aliphatic rings. The Hall–Kier alpha value is -2.34. The molecule has 1 unspecified atom stereocenters. The Morgan fingerprint density at radius 1 is 1.33 bits per heavy atom. The molecule has 0 N–H and O–H groups in total. The first-order valence-corrected chi connectivity index (χ1v) is 9.81. The number of aryl methyl sites for hydroxylation is 1. The highest BCUT2D eigenvalue weighted by molar-refractivity contribution is 6.30. The maximum atomic E-state index is 12.5. The molecule has 4 rings (SSSR count). The smallest absolute Gasteiger partial charge is 0.259 e. The highest BCUT2D eigenvalue weighted by Gasteiger charge is 2.32. The molecular formula is C20H24ClN5O. The molecule has 0 aliphatic carbocycles. The highest BCUT2D eigenvalue weighted by Crippen LogP contribution is 2.39. The SMILES string of the molecule is Cc1nn(CC(C)C)c(Cl)c1C1CCCN1c1cc(=O)n2ccccc2n1. The molecule has 1 aliphatic heterocycles. The quantitative estimate of drug-likeness (QED) is 0.684. The van der Waals surface area contributed by atoms with Crippen molar-refractivity contribution in [1.29, 1.82) is 0 Å². The van der Waals surface area contributed by atoms with E-state index in [4.69, 9.17) is 16.6 Å². The van der Waals surface area contributed by atoms with Gasteiger partial charge in [-0.3, -0.25) is 13.9 Å². The van der Waals surface area contributed by atoms with Gasteiger partial charge in [-0.2, -0.15) is 5.10 Å². The monoisotopic (exact) mass is 385 g/mol. The van der Waals surface area contributed by atoms with Gasteiger partial charge < -0.3 is 4.90 Å². The molecule has 0 bridgehead atoms. The molecule has 4 heterocycles. The number of hydrogen-bond acceptors (Lipinski definition) is 4. The molecule has 0 spiro atoms. The van der Waals surface area contributed by atoms with Crippen molar-refractivity contribution in [2.45, 2.75) is 46.2 Å². The summed E-state index contributed by atoms with van der Waals surface area (Å²) >= 11 is 6.72. The molecular weight excluding hydrogens is 362 g/mol. The lowest BCUT2D eigenvalue weighted by Crippen LogP contribution is -2.27. The molecule has 7 heteroatoms. The molecule has 142 valence electrons. The van der Waals surface area contributed by atoms with Crippen LogP contribution in [0.2, 0.25) is 5.15 Å². The summed E-state index contributed by atoms with van der Waals surface area (Å²) in [5, 5.41) is 5.37. The number of halogens is 1. The zero-order valence-electron chi connectivity index (χ0n) is 15.9. The standard InChI is InChI=1S/C20H24ClN5O/c1-13(2)12-26-20(21)19(14(3)23-26)15-7-6-10-24(15)17-11-18(27)25-9-5-4-8-16(25)22-17/h4-5,8-9,11,13,15H,6-7,10,12H2,1-3H3. The first-order chi connectivity index (χ1) is 13.0. The van der Waals surface area contributed by atoms with E-state index in [1.54, 1.807) is 16.7 Å². The second kappa shape index (κ2) is 7.00. The fraction of sp³-hybridized carbons (Fsp3) is 0.450. The first-order valence-electron chi connectivity index (χ1n) is 9.43. The summed E-state index contributed by atoms with van der Waals surface area (Å²) < 4.78 is 3.46. The lowest BCUT2D eigenvalue weighted by Gasteiger charge is -2.26. The Balaban J connectivity index is 1.76. The summed E-state index contributed by atoms with van der Waals surface area (Å²) in [6, 6.07) is 7.29. The van der Waals surface area contributed by atoms with Gasteiger partial charge in [-0.1, -0.05) is 31.5 Å². The summed E-state index contributed by atoms with van der Waals surface area (Å²) in [7, 11) is 0. The molecule has 1 fully saturated rings. The Kier molecular flexibility index (Phi) is 4.68. The van der Waals surface area contributed by atoms with Crippen LogP contribution >= 0.6 is 11.6 Å². The maximum absolute atomic E-state index is 12.5. The van der Waals surface area contributed by atoms with Crippen molar-refractivity contribution in [1.82, 2.24) is 19.2 Å². The van der Waals surface area contributed by atoms with E-state index in [1.165, 1.54) is 0 Å². The predicted molar refractivity (Wildman–Crippen MR) is 108 cm³/mol. The predicted octanol–water partition coefficient (Wildman–Crippen LogP) is 3.85. The van der Waals surface area contributed by atoms with Crippen molar-refractivity contribution in [2.75, 3.05) is 11.4 Å². The third-order valence-corrected chi connectivity index (χ3v) is 5.48. The van der Waals surface area contributed by atoms with Crippen LogP contribution in [0, 0.1) is 12.8 Å². The van der Waals surface area contributed by atoms with Crippen LogP contribution in [-0.2, 0) is 6.54 Å². The van der Waals surface area contributed by atoms with Crippen LogP contribution in [0.4, 0.5) is 5.82 Å². The van der Waals surface area contributed by atoms with E-state index in [0.717, 1.165) is 37.2 Å². The van der Waals surface area contributed by atoms with Gasteiger partial charge in [-0.25, -0.2) is 4.98 Å². The van der Waals surface area contributed by atoms with Crippen molar-refractivity contribution >= 4 is 23.1 Å². The van der Waals surface area contributed by atoms with Gasteiger partial charge in [-0.05, 0) is 37.8 Å². The lowest BCUT2D eigenvalue weighted by molar-refractivity contribution is 0.481. The van der Waals surface area contributed by atoms with Crippen LogP contribution in [-0.4, -0.2) is 25.7 Å². The van der Waals surface area contributed by atoms with Gasteiger partial charge >= 0.3 is 0 Å². The normalized spacial score (nSPS) is 17.4.